The molecule has 1 aromatic heterocycles. The lowest BCUT2D eigenvalue weighted by molar-refractivity contribution is -0.130. The average Bonchev–Trinajstić information content (AvgIpc) is 3.58. The highest BCUT2D eigenvalue weighted by molar-refractivity contribution is 5.92. The van der Waals surface area contributed by atoms with Gasteiger partial charge in [0.1, 0.15) is 6.04 Å². The summed E-state index contributed by atoms with van der Waals surface area (Å²) in [4.78, 5) is 31.9. The van der Waals surface area contributed by atoms with Crippen molar-refractivity contribution >= 4 is 22.7 Å². The Labute approximate surface area is 297 Å². The van der Waals surface area contributed by atoms with E-state index in [-0.39, 0.29) is 17.9 Å². The minimum absolute atomic E-state index is 0.233. The van der Waals surface area contributed by atoms with Crippen LogP contribution in [-0.2, 0) is 22.6 Å². The molecule has 0 spiro atoms. The number of aromatic amines is 1. The van der Waals surface area contributed by atoms with Crippen molar-refractivity contribution in [3.8, 4) is 22.3 Å². The Balaban J connectivity index is 1.09. The van der Waals surface area contributed by atoms with Crippen LogP contribution in [0.2, 0.25) is 0 Å². The molecule has 6 aromatic carbocycles. The van der Waals surface area contributed by atoms with Gasteiger partial charge in [-0.05, 0) is 57.0 Å². The number of hydrogen-bond donors (Lipinski definition) is 4. The van der Waals surface area contributed by atoms with Gasteiger partial charge in [-0.3, -0.25) is 14.9 Å². The summed E-state index contributed by atoms with van der Waals surface area (Å²) in [6.07, 6.45) is 0.481. The Morgan fingerprint density at radius 3 is 1.82 bits per heavy atom. The van der Waals surface area contributed by atoms with Gasteiger partial charge >= 0.3 is 0 Å². The van der Waals surface area contributed by atoms with Gasteiger partial charge in [0.05, 0.1) is 12.1 Å². The van der Waals surface area contributed by atoms with Gasteiger partial charge < -0.3 is 15.6 Å². The molecule has 2 heterocycles. The van der Waals surface area contributed by atoms with Crippen LogP contribution in [0.4, 0.5) is 0 Å². The molecule has 0 radical (unpaired) electrons. The first-order valence-electron chi connectivity index (χ1n) is 17.4. The van der Waals surface area contributed by atoms with E-state index >= 15 is 0 Å². The van der Waals surface area contributed by atoms with Gasteiger partial charge in [-0.15, -0.1) is 0 Å². The number of hydrogen-bond acceptors (Lipinski definition) is 3. The zero-order valence-corrected chi connectivity index (χ0v) is 28.1. The first-order valence-corrected chi connectivity index (χ1v) is 17.4. The third-order valence-electron chi connectivity index (χ3n) is 9.79. The molecule has 1 aliphatic rings. The van der Waals surface area contributed by atoms with Crippen LogP contribution in [0, 0.1) is 0 Å². The van der Waals surface area contributed by atoms with E-state index < -0.39 is 12.1 Å². The van der Waals surface area contributed by atoms with Crippen molar-refractivity contribution < 1.29 is 9.59 Å². The summed E-state index contributed by atoms with van der Waals surface area (Å²) in [7, 11) is 0. The molecular formula is C45H38N4O2. The van der Waals surface area contributed by atoms with Gasteiger partial charge in [0.15, 0.2) is 0 Å². The number of aromatic nitrogens is 1. The fraction of sp³-hybridized carbons (Fsp3) is 0.111. The second-order valence-corrected chi connectivity index (χ2v) is 13.0. The maximum absolute atomic E-state index is 14.4. The molecule has 0 aliphatic carbocycles. The van der Waals surface area contributed by atoms with E-state index in [2.05, 4.69) is 81.6 Å². The molecular weight excluding hydrogens is 629 g/mol. The second-order valence-electron chi connectivity index (χ2n) is 13.0. The molecule has 1 aliphatic heterocycles. The fourth-order valence-corrected chi connectivity index (χ4v) is 7.09. The molecule has 0 bridgehead atoms. The molecule has 0 fully saturated rings. The summed E-state index contributed by atoms with van der Waals surface area (Å²) in [5.41, 5.74) is 10.4. The summed E-state index contributed by atoms with van der Waals surface area (Å²) >= 11 is 0. The maximum atomic E-state index is 14.4. The molecule has 4 N–H and O–H groups in total. The molecule has 51 heavy (non-hydrogen) atoms. The van der Waals surface area contributed by atoms with Crippen LogP contribution in [0.5, 0.6) is 0 Å². The molecule has 0 saturated carbocycles. The lowest BCUT2D eigenvalue weighted by Crippen LogP contribution is -2.52. The quantitative estimate of drug-likeness (QED) is 0.125. The maximum Gasteiger partial charge on any atom is 0.247 e. The molecule has 7 aromatic rings. The van der Waals surface area contributed by atoms with Crippen LogP contribution < -0.4 is 16.0 Å². The first-order chi connectivity index (χ1) is 25.1. The average molecular weight is 667 g/mol. The van der Waals surface area contributed by atoms with Crippen molar-refractivity contribution in [1.82, 2.24) is 20.9 Å². The zero-order chi connectivity index (χ0) is 34.6. The predicted molar refractivity (Wildman–Crippen MR) is 204 cm³/mol. The highest BCUT2D eigenvalue weighted by Gasteiger charge is 2.35. The minimum Gasteiger partial charge on any atom is -0.357 e. The van der Waals surface area contributed by atoms with Gasteiger partial charge in [0, 0.05) is 23.1 Å². The van der Waals surface area contributed by atoms with Gasteiger partial charge in [-0.25, -0.2) is 0 Å². The van der Waals surface area contributed by atoms with E-state index in [1.54, 1.807) is 0 Å². The van der Waals surface area contributed by atoms with Crippen molar-refractivity contribution in [2.45, 2.75) is 31.1 Å². The normalized spacial score (nSPS) is 15.8. The Kier molecular flexibility index (Phi) is 8.98. The molecule has 8 rings (SSSR count). The van der Waals surface area contributed by atoms with Crippen molar-refractivity contribution in [3.63, 3.8) is 0 Å². The van der Waals surface area contributed by atoms with Crippen molar-refractivity contribution in [2.75, 3.05) is 0 Å². The minimum atomic E-state index is -0.888. The molecule has 3 atom stereocenters. The molecule has 0 saturated heterocycles. The van der Waals surface area contributed by atoms with Crippen LogP contribution in [0.1, 0.15) is 40.0 Å². The van der Waals surface area contributed by atoms with Crippen LogP contribution in [-0.4, -0.2) is 22.8 Å². The number of nitrogens with one attached hydrogen (secondary N) is 4. The third-order valence-corrected chi connectivity index (χ3v) is 9.79. The highest BCUT2D eigenvalue weighted by Crippen LogP contribution is 2.36. The smallest absolute Gasteiger partial charge is 0.247 e. The summed E-state index contributed by atoms with van der Waals surface area (Å²) in [5, 5.41) is 11.0. The second kappa shape index (κ2) is 14.3. The Morgan fingerprint density at radius 1 is 0.627 bits per heavy atom. The van der Waals surface area contributed by atoms with E-state index in [1.807, 2.05) is 103 Å². The molecule has 1 unspecified atom stereocenters. The Hall–Kier alpha value is -6.24. The van der Waals surface area contributed by atoms with Crippen LogP contribution in [0.25, 0.3) is 33.2 Å². The van der Waals surface area contributed by atoms with Crippen molar-refractivity contribution in [2.24, 2.45) is 0 Å². The number of benzene rings is 6. The number of H-pyrrole nitrogens is 1. The summed E-state index contributed by atoms with van der Waals surface area (Å²) in [5.74, 6) is -0.500. The Bertz CT molecular complexity index is 2270. The highest BCUT2D eigenvalue weighted by atomic mass is 16.2. The summed E-state index contributed by atoms with van der Waals surface area (Å²) in [6, 6.07) is 53.1. The lowest BCUT2D eigenvalue weighted by Gasteiger charge is -2.32. The van der Waals surface area contributed by atoms with Crippen molar-refractivity contribution in [1.29, 1.82) is 0 Å². The molecule has 250 valence electrons. The fourth-order valence-electron chi connectivity index (χ4n) is 7.09. The topological polar surface area (TPSA) is 86.0 Å². The Morgan fingerprint density at radius 2 is 1.18 bits per heavy atom. The monoisotopic (exact) mass is 666 g/mol. The number of fused-ring (bicyclic) bond motifs is 3. The van der Waals surface area contributed by atoms with E-state index in [1.165, 1.54) is 0 Å². The van der Waals surface area contributed by atoms with E-state index in [9.17, 15) is 9.59 Å². The van der Waals surface area contributed by atoms with Gasteiger partial charge in [0.25, 0.3) is 0 Å². The SMILES string of the molecule is O=C(NCc1ccccc1)C(NC(=O)[C@@H]1Cc2c([nH]c3ccccc23)[C@H](c2ccc(-c3ccccc3)cc2)N1)c1ccc(-c2ccccc2)cc1. The van der Waals surface area contributed by atoms with Crippen molar-refractivity contribution in [3.05, 3.63) is 192 Å². The van der Waals surface area contributed by atoms with Gasteiger partial charge in [0.2, 0.25) is 11.8 Å². The molecule has 6 nitrogen and oxygen atoms in total. The third kappa shape index (κ3) is 6.82. The number of carbonyl (C=O) groups is 2. The lowest BCUT2D eigenvalue weighted by atomic mass is 9.89. The van der Waals surface area contributed by atoms with Crippen LogP contribution >= 0.6 is 0 Å². The zero-order valence-electron chi connectivity index (χ0n) is 28.1. The van der Waals surface area contributed by atoms with E-state index in [0.29, 0.717) is 18.5 Å². The van der Waals surface area contributed by atoms with Crippen LogP contribution in [0.15, 0.2) is 164 Å². The number of carbonyl (C=O) groups excluding carboxylic acids is 2. The van der Waals surface area contributed by atoms with E-state index in [4.69, 9.17) is 0 Å². The van der Waals surface area contributed by atoms with E-state index in [0.717, 1.165) is 55.5 Å². The van der Waals surface area contributed by atoms with Gasteiger partial charge in [-0.2, -0.15) is 0 Å². The van der Waals surface area contributed by atoms with Gasteiger partial charge in [-0.1, -0.05) is 158 Å². The largest absolute Gasteiger partial charge is 0.357 e. The van der Waals surface area contributed by atoms with Crippen LogP contribution in [0.3, 0.4) is 0 Å². The summed E-state index contributed by atoms with van der Waals surface area (Å²) < 4.78 is 0. The molecule has 6 heteroatoms. The standard InChI is InChI=1S/C45H38N4O2/c50-44(49-42(45(51)46-29-30-12-4-1-5-13-30)36-26-22-34(23-27-36)32-16-8-3-9-17-32)40-28-38-37-18-10-11-19-39(37)47-43(38)41(48-40)35-24-20-33(21-25-35)31-14-6-2-7-15-31/h1-27,40-42,47-48H,28-29H2,(H,46,51)(H,49,50)/t40-,41-,42?/m0/s1. The number of para-hydroxylation sites is 1. The first kappa shape index (κ1) is 32.0. The summed E-state index contributed by atoms with van der Waals surface area (Å²) in [6.45, 7) is 0.357. The predicted octanol–water partition coefficient (Wildman–Crippen LogP) is 8.28. The number of amides is 2. The molecule has 2 amide bonds. The number of rotatable bonds is 9.